The van der Waals surface area contributed by atoms with Gasteiger partial charge in [-0.2, -0.15) is 0 Å². The molecule has 1 heterocycles. The molecule has 0 fully saturated rings. The molecule has 1 aromatic rings. The highest BCUT2D eigenvalue weighted by Gasteiger charge is 2.19. The van der Waals surface area contributed by atoms with Crippen LogP contribution in [0, 0.1) is 0 Å². The van der Waals surface area contributed by atoms with E-state index in [0.29, 0.717) is 5.13 Å². The lowest BCUT2D eigenvalue weighted by atomic mass is 10.1. The van der Waals surface area contributed by atoms with Crippen LogP contribution in [0.1, 0.15) is 25.6 Å². The van der Waals surface area contributed by atoms with Gasteiger partial charge >= 0.3 is 6.03 Å². The summed E-state index contributed by atoms with van der Waals surface area (Å²) in [6, 6.07) is -0.351. The summed E-state index contributed by atoms with van der Waals surface area (Å²) >= 11 is 1.45. The van der Waals surface area contributed by atoms with E-state index in [9.17, 15) is 4.79 Å². The minimum absolute atomic E-state index is 0.113. The van der Waals surface area contributed by atoms with Crippen molar-refractivity contribution in [2.45, 2.75) is 32.7 Å². The summed E-state index contributed by atoms with van der Waals surface area (Å²) in [5, 5.41) is 14.8. The van der Waals surface area contributed by atoms with Crippen molar-refractivity contribution in [1.82, 2.24) is 10.3 Å². The molecule has 0 saturated heterocycles. The summed E-state index contributed by atoms with van der Waals surface area (Å²) in [5.74, 6) is 0. The van der Waals surface area contributed by atoms with E-state index in [-0.39, 0.29) is 12.6 Å². The first kappa shape index (κ1) is 12.9. The lowest BCUT2D eigenvalue weighted by molar-refractivity contribution is 0.187. The van der Waals surface area contributed by atoms with Crippen LogP contribution in [0.4, 0.5) is 9.93 Å². The van der Waals surface area contributed by atoms with Gasteiger partial charge in [0, 0.05) is 11.1 Å². The monoisotopic (exact) mass is 243 g/mol. The van der Waals surface area contributed by atoms with Crippen LogP contribution in [0.3, 0.4) is 0 Å². The number of rotatable bonds is 4. The fourth-order valence-electron chi connectivity index (χ4n) is 1.00. The Hall–Kier alpha value is -1.14. The fourth-order valence-corrected chi connectivity index (χ4v) is 1.75. The lowest BCUT2D eigenvalue weighted by Crippen LogP contribution is -2.48. The first-order valence-corrected chi connectivity index (χ1v) is 5.93. The first-order valence-electron chi connectivity index (χ1n) is 5.11. The number of hydrogen-bond donors (Lipinski definition) is 3. The van der Waals surface area contributed by atoms with E-state index < -0.39 is 5.54 Å². The smallest absolute Gasteiger partial charge is 0.321 e. The van der Waals surface area contributed by atoms with Crippen molar-refractivity contribution in [2.24, 2.45) is 0 Å². The average Bonchev–Trinajstić information content (AvgIpc) is 2.64. The van der Waals surface area contributed by atoms with Gasteiger partial charge in [-0.3, -0.25) is 5.32 Å². The number of urea groups is 1. The lowest BCUT2D eigenvalue weighted by Gasteiger charge is -2.23. The van der Waals surface area contributed by atoms with Gasteiger partial charge in [-0.25, -0.2) is 9.78 Å². The zero-order chi connectivity index (χ0) is 12.2. The van der Waals surface area contributed by atoms with Crippen LogP contribution in [0.5, 0.6) is 0 Å². The first-order chi connectivity index (χ1) is 7.46. The molecule has 16 heavy (non-hydrogen) atoms. The third-order valence-corrected chi connectivity index (χ3v) is 3.03. The largest absolute Gasteiger partial charge is 0.394 e. The number of anilines is 1. The van der Waals surface area contributed by atoms with Gasteiger partial charge < -0.3 is 10.4 Å². The van der Waals surface area contributed by atoms with E-state index in [4.69, 9.17) is 5.11 Å². The van der Waals surface area contributed by atoms with Gasteiger partial charge in [0.1, 0.15) is 0 Å². The van der Waals surface area contributed by atoms with Crippen molar-refractivity contribution in [1.29, 1.82) is 0 Å². The van der Waals surface area contributed by atoms with Gasteiger partial charge in [0.25, 0.3) is 0 Å². The molecule has 2 amide bonds. The molecule has 0 aliphatic rings. The second kappa shape index (κ2) is 5.27. The SMILES string of the molecule is CCc1cnc(NC(=O)NC(C)(C)CO)s1. The minimum Gasteiger partial charge on any atom is -0.394 e. The Morgan fingerprint density at radius 1 is 1.62 bits per heavy atom. The number of aryl methyl sites for hydroxylation is 1. The standard InChI is InChI=1S/C10H17N3O2S/c1-4-7-5-11-9(16-7)12-8(15)13-10(2,3)6-14/h5,14H,4,6H2,1-3H3,(H2,11,12,13,15). The molecule has 0 aliphatic carbocycles. The predicted octanol–water partition coefficient (Wildman–Crippen LogP) is 1.60. The third kappa shape index (κ3) is 3.79. The van der Waals surface area contributed by atoms with Crippen molar-refractivity contribution in [3.63, 3.8) is 0 Å². The molecule has 6 heteroatoms. The summed E-state index contributed by atoms with van der Waals surface area (Å²) in [7, 11) is 0. The number of aliphatic hydroxyl groups excluding tert-OH is 1. The molecular weight excluding hydrogens is 226 g/mol. The van der Waals surface area contributed by atoms with E-state index in [1.807, 2.05) is 6.92 Å². The van der Waals surface area contributed by atoms with Crippen LogP contribution in [0.25, 0.3) is 0 Å². The van der Waals surface area contributed by atoms with Crippen LogP contribution >= 0.6 is 11.3 Å². The number of nitrogens with zero attached hydrogens (tertiary/aromatic N) is 1. The zero-order valence-corrected chi connectivity index (χ0v) is 10.5. The van der Waals surface area contributed by atoms with Gasteiger partial charge in [0.2, 0.25) is 0 Å². The highest BCUT2D eigenvalue weighted by atomic mass is 32.1. The van der Waals surface area contributed by atoms with Crippen LogP contribution in [0.2, 0.25) is 0 Å². The van der Waals surface area contributed by atoms with E-state index in [1.54, 1.807) is 20.0 Å². The second-order valence-corrected chi connectivity index (χ2v) is 5.22. The normalized spacial score (nSPS) is 11.2. The molecule has 0 spiro atoms. The van der Waals surface area contributed by atoms with Crippen LogP contribution in [-0.4, -0.2) is 28.3 Å². The zero-order valence-electron chi connectivity index (χ0n) is 9.70. The highest BCUT2D eigenvalue weighted by molar-refractivity contribution is 7.15. The van der Waals surface area contributed by atoms with Crippen molar-refractivity contribution >= 4 is 22.5 Å². The van der Waals surface area contributed by atoms with Crippen LogP contribution < -0.4 is 10.6 Å². The van der Waals surface area contributed by atoms with Gasteiger partial charge in [-0.15, -0.1) is 11.3 Å². The van der Waals surface area contributed by atoms with Crippen LogP contribution in [-0.2, 0) is 6.42 Å². The highest BCUT2D eigenvalue weighted by Crippen LogP contribution is 2.18. The minimum atomic E-state index is -0.630. The van der Waals surface area contributed by atoms with Crippen molar-refractivity contribution < 1.29 is 9.90 Å². The summed E-state index contributed by atoms with van der Waals surface area (Å²) in [5.41, 5.74) is -0.630. The summed E-state index contributed by atoms with van der Waals surface area (Å²) in [6.45, 7) is 5.41. The van der Waals surface area contributed by atoms with Crippen molar-refractivity contribution in [2.75, 3.05) is 11.9 Å². The van der Waals surface area contributed by atoms with Gasteiger partial charge in [0.15, 0.2) is 5.13 Å². The Morgan fingerprint density at radius 3 is 2.81 bits per heavy atom. The molecule has 0 atom stereocenters. The molecule has 0 saturated carbocycles. The molecular formula is C10H17N3O2S. The number of aromatic nitrogens is 1. The molecule has 1 rings (SSSR count). The molecule has 0 bridgehead atoms. The predicted molar refractivity (Wildman–Crippen MR) is 64.8 cm³/mol. The van der Waals surface area contributed by atoms with Crippen molar-refractivity contribution in [3.8, 4) is 0 Å². The van der Waals surface area contributed by atoms with Crippen LogP contribution in [0.15, 0.2) is 6.20 Å². The number of amides is 2. The molecule has 5 nitrogen and oxygen atoms in total. The second-order valence-electron chi connectivity index (χ2n) is 4.11. The van der Waals surface area contributed by atoms with E-state index >= 15 is 0 Å². The number of nitrogens with one attached hydrogen (secondary N) is 2. The average molecular weight is 243 g/mol. The van der Waals surface area contributed by atoms with Gasteiger partial charge in [-0.1, -0.05) is 6.92 Å². The maximum Gasteiger partial charge on any atom is 0.321 e. The maximum atomic E-state index is 11.5. The molecule has 3 N–H and O–H groups in total. The maximum absolute atomic E-state index is 11.5. The Kier molecular flexibility index (Phi) is 4.26. The molecule has 0 aromatic carbocycles. The Morgan fingerprint density at radius 2 is 2.31 bits per heavy atom. The quantitative estimate of drug-likeness (QED) is 0.752. The van der Waals surface area contributed by atoms with E-state index in [0.717, 1.165) is 11.3 Å². The summed E-state index contributed by atoms with van der Waals surface area (Å²) < 4.78 is 0. The fraction of sp³-hybridized carbons (Fsp3) is 0.600. The Bertz CT molecular complexity index is 363. The number of carbonyl (C=O) groups excluding carboxylic acids is 1. The van der Waals surface area contributed by atoms with E-state index in [2.05, 4.69) is 15.6 Å². The number of thiazole rings is 1. The number of aliphatic hydroxyl groups is 1. The summed E-state index contributed by atoms with van der Waals surface area (Å²) in [6.07, 6.45) is 2.65. The molecule has 0 radical (unpaired) electrons. The Labute approximate surface area is 98.9 Å². The Balaban J connectivity index is 2.51. The topological polar surface area (TPSA) is 74.2 Å². The van der Waals surface area contributed by atoms with Crippen molar-refractivity contribution in [3.05, 3.63) is 11.1 Å². The van der Waals surface area contributed by atoms with Gasteiger partial charge in [-0.05, 0) is 20.3 Å². The molecule has 90 valence electrons. The summed E-state index contributed by atoms with van der Waals surface area (Å²) in [4.78, 5) is 16.7. The molecule has 0 aliphatic heterocycles. The molecule has 0 unspecified atom stereocenters. The van der Waals surface area contributed by atoms with Gasteiger partial charge in [0.05, 0.1) is 12.1 Å². The third-order valence-electron chi connectivity index (χ3n) is 1.97. The van der Waals surface area contributed by atoms with E-state index in [1.165, 1.54) is 11.3 Å². The number of carbonyl (C=O) groups is 1. The molecule has 1 aromatic heterocycles. The number of hydrogen-bond acceptors (Lipinski definition) is 4.